The van der Waals surface area contributed by atoms with Gasteiger partial charge in [-0.25, -0.2) is 0 Å². The van der Waals surface area contributed by atoms with Crippen molar-refractivity contribution in [3.8, 4) is 0 Å². The van der Waals surface area contributed by atoms with E-state index in [1.54, 1.807) is 13.0 Å². The zero-order chi connectivity index (χ0) is 13.3. The van der Waals surface area contributed by atoms with Gasteiger partial charge in [0.05, 0.1) is 5.60 Å². The van der Waals surface area contributed by atoms with Crippen LogP contribution in [-0.4, -0.2) is 18.0 Å². The van der Waals surface area contributed by atoms with Crippen molar-refractivity contribution in [1.29, 1.82) is 0 Å². The first-order valence-electron chi connectivity index (χ1n) is 6.68. The molecule has 0 aromatic rings. The van der Waals surface area contributed by atoms with E-state index in [1.807, 2.05) is 13.0 Å². The third-order valence-corrected chi connectivity index (χ3v) is 2.90. The van der Waals surface area contributed by atoms with Crippen LogP contribution in [-0.2, 0) is 9.53 Å². The summed E-state index contributed by atoms with van der Waals surface area (Å²) in [5, 5.41) is 0. The van der Waals surface area contributed by atoms with Gasteiger partial charge in [0, 0.05) is 6.61 Å². The molecule has 0 aliphatic heterocycles. The van der Waals surface area contributed by atoms with Crippen molar-refractivity contribution < 1.29 is 9.53 Å². The molecule has 2 heteroatoms. The summed E-state index contributed by atoms with van der Waals surface area (Å²) in [5.74, 6) is 0.776. The zero-order valence-corrected chi connectivity index (χ0v) is 12.1. The number of hydrogen-bond donors (Lipinski definition) is 0. The highest BCUT2D eigenvalue weighted by atomic mass is 16.5. The summed E-state index contributed by atoms with van der Waals surface area (Å²) in [6.07, 6.45) is 8.12. The van der Waals surface area contributed by atoms with Crippen molar-refractivity contribution in [1.82, 2.24) is 0 Å². The maximum atomic E-state index is 10.7. The predicted molar refractivity (Wildman–Crippen MR) is 73.2 cm³/mol. The molecule has 0 fully saturated rings. The Balaban J connectivity index is 3.70. The van der Waals surface area contributed by atoms with Gasteiger partial charge >= 0.3 is 0 Å². The van der Waals surface area contributed by atoms with Crippen LogP contribution in [0.15, 0.2) is 12.2 Å². The molecule has 0 spiro atoms. The molecule has 17 heavy (non-hydrogen) atoms. The fraction of sp³-hybridized carbons (Fsp3) is 0.800. The summed E-state index contributed by atoms with van der Waals surface area (Å²) in [4.78, 5) is 10.7. The second-order valence-corrected chi connectivity index (χ2v) is 5.44. The quantitative estimate of drug-likeness (QED) is 0.566. The van der Waals surface area contributed by atoms with Gasteiger partial charge in [0.2, 0.25) is 0 Å². The van der Waals surface area contributed by atoms with Crippen LogP contribution < -0.4 is 0 Å². The number of ether oxygens (including phenoxy) is 1. The van der Waals surface area contributed by atoms with Crippen LogP contribution in [0.2, 0.25) is 0 Å². The first kappa shape index (κ1) is 16.4. The van der Waals surface area contributed by atoms with Gasteiger partial charge in [-0.15, -0.1) is 0 Å². The highest BCUT2D eigenvalue weighted by Crippen LogP contribution is 2.21. The lowest BCUT2D eigenvalue weighted by molar-refractivity contribution is -0.112. The molecule has 1 atom stereocenters. The van der Waals surface area contributed by atoms with Gasteiger partial charge in [-0.2, -0.15) is 0 Å². The molecule has 0 bridgehead atoms. The second kappa shape index (κ2) is 8.46. The van der Waals surface area contributed by atoms with Crippen molar-refractivity contribution in [3.63, 3.8) is 0 Å². The van der Waals surface area contributed by atoms with E-state index in [-0.39, 0.29) is 11.4 Å². The molecule has 0 heterocycles. The van der Waals surface area contributed by atoms with Gasteiger partial charge < -0.3 is 4.74 Å². The van der Waals surface area contributed by atoms with E-state index in [0.717, 1.165) is 19.4 Å². The summed E-state index contributed by atoms with van der Waals surface area (Å²) >= 11 is 0. The van der Waals surface area contributed by atoms with Crippen molar-refractivity contribution in [3.05, 3.63) is 12.2 Å². The van der Waals surface area contributed by atoms with E-state index in [2.05, 4.69) is 20.8 Å². The lowest BCUT2D eigenvalue weighted by atomic mass is 9.95. The number of carbonyl (C=O) groups is 1. The monoisotopic (exact) mass is 240 g/mol. The summed E-state index contributed by atoms with van der Waals surface area (Å²) in [7, 11) is 0. The normalized spacial score (nSPS) is 14.2. The standard InChI is InChI=1S/C15H28O2/c1-6-17-15(4,5)12-8-10-13(2)9-7-11-14(3)16/h7,11,13H,6,8-10,12H2,1-5H3/b11-7+. The Morgan fingerprint density at radius 2 is 2.06 bits per heavy atom. The molecule has 2 nitrogen and oxygen atoms in total. The molecule has 0 saturated heterocycles. The average molecular weight is 240 g/mol. The van der Waals surface area contributed by atoms with Gasteiger partial charge in [-0.05, 0) is 52.5 Å². The van der Waals surface area contributed by atoms with E-state index >= 15 is 0 Å². The Morgan fingerprint density at radius 3 is 2.59 bits per heavy atom. The van der Waals surface area contributed by atoms with Crippen LogP contribution in [0.5, 0.6) is 0 Å². The smallest absolute Gasteiger partial charge is 0.152 e. The maximum Gasteiger partial charge on any atom is 0.152 e. The molecule has 0 rings (SSSR count). The minimum absolute atomic E-state index is 0.00366. The summed E-state index contributed by atoms with van der Waals surface area (Å²) in [6, 6.07) is 0. The average Bonchev–Trinajstić information content (AvgIpc) is 2.16. The van der Waals surface area contributed by atoms with Crippen LogP contribution in [0, 0.1) is 5.92 Å². The van der Waals surface area contributed by atoms with Crippen molar-refractivity contribution in [2.75, 3.05) is 6.61 Å². The van der Waals surface area contributed by atoms with Gasteiger partial charge in [-0.1, -0.05) is 25.8 Å². The topological polar surface area (TPSA) is 26.3 Å². The molecule has 0 amide bonds. The number of hydrogen-bond acceptors (Lipinski definition) is 2. The molecule has 100 valence electrons. The minimum atomic E-state index is 0.00366. The molecule has 0 radical (unpaired) electrons. The van der Waals surface area contributed by atoms with E-state index < -0.39 is 0 Å². The number of carbonyl (C=O) groups excluding carboxylic acids is 1. The number of ketones is 1. The summed E-state index contributed by atoms with van der Waals surface area (Å²) in [5.41, 5.74) is 0.00366. The van der Waals surface area contributed by atoms with Gasteiger partial charge in [0.15, 0.2) is 5.78 Å². The van der Waals surface area contributed by atoms with Crippen LogP contribution in [0.25, 0.3) is 0 Å². The third-order valence-electron chi connectivity index (χ3n) is 2.90. The number of rotatable bonds is 9. The Morgan fingerprint density at radius 1 is 1.41 bits per heavy atom. The molecule has 0 aliphatic carbocycles. The Labute approximate surface area is 106 Å². The van der Waals surface area contributed by atoms with Gasteiger partial charge in [0.25, 0.3) is 0 Å². The van der Waals surface area contributed by atoms with Crippen molar-refractivity contribution in [2.24, 2.45) is 5.92 Å². The maximum absolute atomic E-state index is 10.7. The highest BCUT2D eigenvalue weighted by Gasteiger charge is 2.17. The third kappa shape index (κ3) is 10.3. The lowest BCUT2D eigenvalue weighted by Gasteiger charge is -2.25. The fourth-order valence-electron chi connectivity index (χ4n) is 1.92. The van der Waals surface area contributed by atoms with E-state index in [0.29, 0.717) is 5.92 Å². The summed E-state index contributed by atoms with van der Waals surface area (Å²) in [6.45, 7) is 10.9. The first-order chi connectivity index (χ1) is 7.87. The lowest BCUT2D eigenvalue weighted by Crippen LogP contribution is -2.24. The largest absolute Gasteiger partial charge is 0.376 e. The van der Waals surface area contributed by atoms with Crippen molar-refractivity contribution in [2.45, 2.75) is 65.9 Å². The zero-order valence-electron chi connectivity index (χ0n) is 12.1. The minimum Gasteiger partial charge on any atom is -0.376 e. The molecular formula is C15H28O2. The molecule has 0 N–H and O–H groups in total. The van der Waals surface area contributed by atoms with Crippen LogP contribution in [0.1, 0.15) is 60.3 Å². The van der Waals surface area contributed by atoms with E-state index in [4.69, 9.17) is 4.74 Å². The first-order valence-corrected chi connectivity index (χ1v) is 6.68. The number of allylic oxidation sites excluding steroid dienone is 2. The van der Waals surface area contributed by atoms with Gasteiger partial charge in [-0.3, -0.25) is 4.79 Å². The second-order valence-electron chi connectivity index (χ2n) is 5.44. The van der Waals surface area contributed by atoms with E-state index in [9.17, 15) is 4.79 Å². The van der Waals surface area contributed by atoms with Gasteiger partial charge in [0.1, 0.15) is 0 Å². The highest BCUT2D eigenvalue weighted by molar-refractivity contribution is 5.87. The fourth-order valence-corrected chi connectivity index (χ4v) is 1.92. The van der Waals surface area contributed by atoms with Crippen molar-refractivity contribution >= 4 is 5.78 Å². The SMILES string of the molecule is CCOC(C)(C)CCCC(C)C/C=C/C(C)=O. The molecular weight excluding hydrogens is 212 g/mol. The molecule has 0 saturated carbocycles. The summed E-state index contributed by atoms with van der Waals surface area (Å²) < 4.78 is 5.67. The molecule has 0 aliphatic rings. The molecule has 0 aromatic carbocycles. The van der Waals surface area contributed by atoms with Crippen LogP contribution in [0.4, 0.5) is 0 Å². The Kier molecular flexibility index (Phi) is 8.15. The Hall–Kier alpha value is -0.630. The molecule has 0 aromatic heterocycles. The predicted octanol–water partition coefficient (Wildman–Crippen LogP) is 4.14. The van der Waals surface area contributed by atoms with Crippen LogP contribution >= 0.6 is 0 Å². The van der Waals surface area contributed by atoms with Crippen LogP contribution in [0.3, 0.4) is 0 Å². The van der Waals surface area contributed by atoms with E-state index in [1.165, 1.54) is 12.8 Å². The Bertz CT molecular complexity index is 241. The molecule has 1 unspecified atom stereocenters.